The van der Waals surface area contributed by atoms with E-state index in [-0.39, 0.29) is 12.5 Å². The van der Waals surface area contributed by atoms with Gasteiger partial charge in [0.1, 0.15) is 12.1 Å². The highest BCUT2D eigenvalue weighted by atomic mass is 16.4. The Hall–Kier alpha value is -2.43. The van der Waals surface area contributed by atoms with Gasteiger partial charge in [0.05, 0.1) is 0 Å². The van der Waals surface area contributed by atoms with E-state index < -0.39 is 5.97 Å². The van der Waals surface area contributed by atoms with Crippen LogP contribution < -0.4 is 5.32 Å². The third-order valence-electron chi connectivity index (χ3n) is 3.66. The van der Waals surface area contributed by atoms with Crippen molar-refractivity contribution in [3.05, 3.63) is 54.0 Å². The van der Waals surface area contributed by atoms with Crippen LogP contribution in [0.1, 0.15) is 43.9 Å². The molecule has 0 saturated carbocycles. The number of hydrogen-bond donors (Lipinski definition) is 2. The molecule has 0 spiro atoms. The zero-order chi connectivity index (χ0) is 16.7. The molecule has 2 rings (SSSR count). The third kappa shape index (κ3) is 5.70. The van der Waals surface area contributed by atoms with Crippen molar-refractivity contribution in [3.8, 4) is 0 Å². The van der Waals surface area contributed by atoms with Crippen molar-refractivity contribution >= 4 is 11.8 Å². The lowest BCUT2D eigenvalue weighted by Crippen LogP contribution is -2.24. The summed E-state index contributed by atoms with van der Waals surface area (Å²) < 4.78 is 0. The molecule has 0 amide bonds. The fraction of sp³-hybridized carbons (Fsp3) is 0.389. The van der Waals surface area contributed by atoms with Gasteiger partial charge in [-0.05, 0) is 24.3 Å². The first-order valence-corrected chi connectivity index (χ1v) is 7.89. The van der Waals surface area contributed by atoms with Crippen LogP contribution in [0.3, 0.4) is 0 Å². The summed E-state index contributed by atoms with van der Waals surface area (Å²) in [7, 11) is 0. The molecule has 2 N–H and O–H groups in total. The zero-order valence-electron chi connectivity index (χ0n) is 13.6. The first kappa shape index (κ1) is 16.9. The number of nitrogens with one attached hydrogen (secondary N) is 1. The number of aromatic nitrogens is 2. The van der Waals surface area contributed by atoms with Crippen LogP contribution in [0.5, 0.6) is 0 Å². The minimum absolute atomic E-state index is 0.0170. The molecule has 0 fully saturated rings. The molecule has 1 aromatic carbocycles. The second kappa shape index (κ2) is 8.27. The Morgan fingerprint density at radius 1 is 1.22 bits per heavy atom. The Balaban J connectivity index is 2.10. The Labute approximate surface area is 136 Å². The number of rotatable bonds is 8. The fourth-order valence-electron chi connectivity index (χ4n) is 2.40. The van der Waals surface area contributed by atoms with Gasteiger partial charge in [0.25, 0.3) is 0 Å². The van der Waals surface area contributed by atoms with Crippen LogP contribution in [-0.2, 0) is 11.2 Å². The molecule has 1 heterocycles. The predicted octanol–water partition coefficient (Wildman–Crippen LogP) is 3.49. The highest BCUT2D eigenvalue weighted by Gasteiger charge is 2.13. The first-order valence-electron chi connectivity index (χ1n) is 7.89. The summed E-state index contributed by atoms with van der Waals surface area (Å²) in [6.07, 6.45) is 2.99. The number of carboxylic acids is 1. The largest absolute Gasteiger partial charge is 0.481 e. The minimum Gasteiger partial charge on any atom is -0.481 e. The van der Waals surface area contributed by atoms with Crippen LogP contribution in [0.2, 0.25) is 0 Å². The van der Waals surface area contributed by atoms with Crippen LogP contribution in [0.25, 0.3) is 0 Å². The lowest BCUT2D eigenvalue weighted by Gasteiger charge is -2.19. The minimum atomic E-state index is -0.782. The van der Waals surface area contributed by atoms with E-state index in [1.807, 2.05) is 24.3 Å². The Bertz CT molecular complexity index is 629. The number of anilines is 1. The van der Waals surface area contributed by atoms with Gasteiger partial charge in [-0.2, -0.15) is 0 Å². The summed E-state index contributed by atoms with van der Waals surface area (Å²) in [5.74, 6) is 0.288. The first-order chi connectivity index (χ1) is 11.0. The average molecular weight is 313 g/mol. The van der Waals surface area contributed by atoms with Crippen LogP contribution >= 0.6 is 0 Å². The van der Waals surface area contributed by atoms with Gasteiger partial charge in [0.15, 0.2) is 0 Å². The highest BCUT2D eigenvalue weighted by molar-refractivity contribution is 5.66. The van der Waals surface area contributed by atoms with E-state index >= 15 is 0 Å². The number of hydrogen-bond acceptors (Lipinski definition) is 4. The quantitative estimate of drug-likeness (QED) is 0.780. The standard InChI is InChI=1S/C18H23N3O2/c1-13(2)16-11-17(20-12-19-16)21-15(8-9-18(22)23)10-14-6-4-3-5-7-14/h3-7,11-13,15H,8-10H2,1-2H3,(H,22,23)(H,19,20,21). The van der Waals surface area contributed by atoms with Crippen molar-refractivity contribution in [1.29, 1.82) is 0 Å². The molecular weight excluding hydrogens is 290 g/mol. The lowest BCUT2D eigenvalue weighted by molar-refractivity contribution is -0.137. The third-order valence-corrected chi connectivity index (χ3v) is 3.66. The van der Waals surface area contributed by atoms with E-state index in [0.717, 1.165) is 17.9 Å². The van der Waals surface area contributed by atoms with Crippen molar-refractivity contribution < 1.29 is 9.90 Å². The molecule has 122 valence electrons. The Kier molecular flexibility index (Phi) is 6.09. The van der Waals surface area contributed by atoms with E-state index in [0.29, 0.717) is 12.3 Å². The summed E-state index contributed by atoms with van der Waals surface area (Å²) >= 11 is 0. The predicted molar refractivity (Wildman–Crippen MR) is 90.5 cm³/mol. The zero-order valence-corrected chi connectivity index (χ0v) is 13.6. The molecule has 23 heavy (non-hydrogen) atoms. The second-order valence-electron chi connectivity index (χ2n) is 5.95. The maximum Gasteiger partial charge on any atom is 0.303 e. The molecule has 0 aliphatic heterocycles. The van der Waals surface area contributed by atoms with E-state index in [4.69, 9.17) is 5.11 Å². The fourth-order valence-corrected chi connectivity index (χ4v) is 2.40. The van der Waals surface area contributed by atoms with E-state index in [1.54, 1.807) is 6.33 Å². The normalized spacial score (nSPS) is 12.1. The molecule has 1 aromatic heterocycles. The van der Waals surface area contributed by atoms with Gasteiger partial charge in [-0.15, -0.1) is 0 Å². The molecule has 0 bridgehead atoms. The molecule has 1 unspecified atom stereocenters. The van der Waals surface area contributed by atoms with Crippen molar-refractivity contribution in [2.24, 2.45) is 0 Å². The summed E-state index contributed by atoms with van der Waals surface area (Å²) in [5.41, 5.74) is 2.15. The average Bonchev–Trinajstić information content (AvgIpc) is 2.54. The molecule has 0 saturated heterocycles. The summed E-state index contributed by atoms with van der Waals surface area (Å²) in [6.45, 7) is 4.16. The number of nitrogens with zero attached hydrogens (tertiary/aromatic N) is 2. The summed E-state index contributed by atoms with van der Waals surface area (Å²) in [6, 6.07) is 12.0. The maximum atomic E-state index is 10.9. The topological polar surface area (TPSA) is 75.1 Å². The van der Waals surface area contributed by atoms with Gasteiger partial charge in [-0.3, -0.25) is 4.79 Å². The van der Waals surface area contributed by atoms with E-state index in [1.165, 1.54) is 5.56 Å². The number of carbonyl (C=O) groups is 1. The van der Waals surface area contributed by atoms with Gasteiger partial charge in [-0.1, -0.05) is 44.2 Å². The number of benzene rings is 1. The molecule has 5 heteroatoms. The van der Waals surface area contributed by atoms with Crippen molar-refractivity contribution in [1.82, 2.24) is 9.97 Å². The van der Waals surface area contributed by atoms with Crippen LogP contribution in [0, 0.1) is 0 Å². The summed E-state index contributed by atoms with van der Waals surface area (Å²) in [5, 5.41) is 12.3. The second-order valence-corrected chi connectivity index (χ2v) is 5.95. The van der Waals surface area contributed by atoms with Crippen LogP contribution in [-0.4, -0.2) is 27.1 Å². The van der Waals surface area contributed by atoms with Gasteiger partial charge in [-0.25, -0.2) is 9.97 Å². The van der Waals surface area contributed by atoms with Gasteiger partial charge < -0.3 is 10.4 Å². The summed E-state index contributed by atoms with van der Waals surface area (Å²) in [4.78, 5) is 19.4. The van der Waals surface area contributed by atoms with E-state index in [9.17, 15) is 4.79 Å². The van der Waals surface area contributed by atoms with Gasteiger partial charge in [0.2, 0.25) is 0 Å². The van der Waals surface area contributed by atoms with Crippen molar-refractivity contribution in [2.45, 2.75) is 45.1 Å². The van der Waals surface area contributed by atoms with Gasteiger partial charge in [0, 0.05) is 24.2 Å². The molecular formula is C18H23N3O2. The maximum absolute atomic E-state index is 10.9. The smallest absolute Gasteiger partial charge is 0.303 e. The van der Waals surface area contributed by atoms with Crippen LogP contribution in [0.4, 0.5) is 5.82 Å². The molecule has 2 aromatic rings. The highest BCUT2D eigenvalue weighted by Crippen LogP contribution is 2.17. The number of carboxylic acid groups (broad SMARTS) is 1. The molecule has 0 aliphatic carbocycles. The molecule has 5 nitrogen and oxygen atoms in total. The monoisotopic (exact) mass is 313 g/mol. The number of aliphatic carboxylic acids is 1. The van der Waals surface area contributed by atoms with Crippen molar-refractivity contribution in [2.75, 3.05) is 5.32 Å². The molecule has 1 atom stereocenters. The Morgan fingerprint density at radius 3 is 2.61 bits per heavy atom. The SMILES string of the molecule is CC(C)c1cc(NC(CCC(=O)O)Cc2ccccc2)ncn1. The Morgan fingerprint density at radius 2 is 1.96 bits per heavy atom. The van der Waals surface area contributed by atoms with E-state index in [2.05, 4.69) is 41.3 Å². The van der Waals surface area contributed by atoms with Crippen LogP contribution in [0.15, 0.2) is 42.7 Å². The molecule has 0 aliphatic rings. The molecule has 0 radical (unpaired) electrons. The lowest BCUT2D eigenvalue weighted by atomic mass is 10.0. The van der Waals surface area contributed by atoms with Crippen molar-refractivity contribution in [3.63, 3.8) is 0 Å². The van der Waals surface area contributed by atoms with Gasteiger partial charge >= 0.3 is 5.97 Å².